The van der Waals surface area contributed by atoms with E-state index in [0.717, 1.165) is 37.8 Å². The topological polar surface area (TPSA) is 63.4 Å². The van der Waals surface area contributed by atoms with Gasteiger partial charge in [0.05, 0.1) is 10.7 Å². The molecule has 2 rings (SSSR count). The lowest BCUT2D eigenvalue weighted by molar-refractivity contribution is 0.423. The van der Waals surface area contributed by atoms with Crippen molar-refractivity contribution in [3.05, 3.63) is 23.0 Å². The lowest BCUT2D eigenvalue weighted by atomic mass is 10.2. The van der Waals surface area contributed by atoms with Crippen LogP contribution in [0.2, 0.25) is 5.02 Å². The molecule has 0 radical (unpaired) electrons. The first-order valence-corrected chi connectivity index (χ1v) is 7.99. The van der Waals surface area contributed by atoms with E-state index in [9.17, 15) is 12.8 Å². The second-order valence-corrected chi connectivity index (χ2v) is 6.94. The summed E-state index contributed by atoms with van der Waals surface area (Å²) in [6.45, 7) is 0.936. The minimum Gasteiger partial charge on any atom is -0.396 e. The molecule has 1 aromatic rings. The summed E-state index contributed by atoms with van der Waals surface area (Å²) in [7, 11) is -3.70. The maximum absolute atomic E-state index is 13.2. The lowest BCUT2D eigenvalue weighted by Gasteiger charge is -2.20. The first-order chi connectivity index (χ1) is 8.93. The SMILES string of the molecule is Nc1cc(S(=O)(=O)N2CCCCCC2)c(Cl)cc1F. The minimum atomic E-state index is -3.70. The van der Waals surface area contributed by atoms with Gasteiger partial charge in [0.2, 0.25) is 10.0 Å². The summed E-state index contributed by atoms with van der Waals surface area (Å²) in [5, 5.41) is -0.129. The smallest absolute Gasteiger partial charge is 0.244 e. The Morgan fingerprint density at radius 2 is 1.74 bits per heavy atom. The van der Waals surface area contributed by atoms with Crippen molar-refractivity contribution in [2.24, 2.45) is 0 Å². The summed E-state index contributed by atoms with van der Waals surface area (Å²) < 4.78 is 39.6. The van der Waals surface area contributed by atoms with E-state index in [0.29, 0.717) is 13.1 Å². The second kappa shape index (κ2) is 5.64. The molecular formula is C12H16ClFN2O2S. The molecule has 1 aliphatic rings. The van der Waals surface area contributed by atoms with Crippen LogP contribution < -0.4 is 5.73 Å². The lowest BCUT2D eigenvalue weighted by Crippen LogP contribution is -2.32. The van der Waals surface area contributed by atoms with Gasteiger partial charge >= 0.3 is 0 Å². The summed E-state index contributed by atoms with van der Waals surface area (Å²) in [6.07, 6.45) is 3.69. The molecule has 1 aromatic carbocycles. The Morgan fingerprint density at radius 1 is 1.16 bits per heavy atom. The number of benzene rings is 1. The van der Waals surface area contributed by atoms with Gasteiger partial charge in [0, 0.05) is 13.1 Å². The maximum Gasteiger partial charge on any atom is 0.244 e. The monoisotopic (exact) mass is 306 g/mol. The van der Waals surface area contributed by atoms with Crippen LogP contribution in [0.5, 0.6) is 0 Å². The highest BCUT2D eigenvalue weighted by Gasteiger charge is 2.28. The number of nitrogen functional groups attached to an aromatic ring is 1. The fraction of sp³-hybridized carbons (Fsp3) is 0.500. The zero-order chi connectivity index (χ0) is 14.0. The van der Waals surface area contributed by atoms with E-state index in [2.05, 4.69) is 0 Å². The van der Waals surface area contributed by atoms with Gasteiger partial charge in [0.25, 0.3) is 0 Å². The third kappa shape index (κ3) is 3.01. The summed E-state index contributed by atoms with van der Waals surface area (Å²) in [6, 6.07) is 2.04. The third-order valence-electron chi connectivity index (χ3n) is 3.23. The number of nitrogens with zero attached hydrogens (tertiary/aromatic N) is 1. The number of rotatable bonds is 2. The molecule has 0 amide bonds. The van der Waals surface area contributed by atoms with Gasteiger partial charge in [-0.3, -0.25) is 0 Å². The van der Waals surface area contributed by atoms with E-state index < -0.39 is 15.8 Å². The quantitative estimate of drug-likeness (QED) is 0.854. The molecule has 2 N–H and O–H groups in total. The zero-order valence-corrected chi connectivity index (χ0v) is 12.0. The fourth-order valence-corrected chi connectivity index (χ4v) is 4.20. The number of hydrogen-bond donors (Lipinski definition) is 1. The molecular weight excluding hydrogens is 291 g/mol. The molecule has 7 heteroatoms. The standard InChI is InChI=1S/C12H16ClFN2O2S/c13-9-7-10(14)11(15)8-12(9)19(17,18)16-5-3-1-2-4-6-16/h7-8H,1-6,15H2. The van der Waals surface area contributed by atoms with Crippen LogP contribution in [0.3, 0.4) is 0 Å². The number of halogens is 2. The van der Waals surface area contributed by atoms with Crippen LogP contribution in [0.25, 0.3) is 0 Å². The molecule has 1 fully saturated rings. The molecule has 0 atom stereocenters. The van der Waals surface area contributed by atoms with E-state index in [1.807, 2.05) is 0 Å². The van der Waals surface area contributed by atoms with Crippen LogP contribution in [0.4, 0.5) is 10.1 Å². The van der Waals surface area contributed by atoms with Gasteiger partial charge in [0.1, 0.15) is 10.7 Å². The van der Waals surface area contributed by atoms with Crippen molar-refractivity contribution in [2.75, 3.05) is 18.8 Å². The zero-order valence-electron chi connectivity index (χ0n) is 10.4. The Balaban J connectivity index is 2.41. The normalized spacial score (nSPS) is 18.2. The van der Waals surface area contributed by atoms with Crippen LogP contribution in [-0.4, -0.2) is 25.8 Å². The van der Waals surface area contributed by atoms with E-state index in [1.54, 1.807) is 0 Å². The molecule has 0 aromatic heterocycles. The van der Waals surface area contributed by atoms with Crippen LogP contribution in [0.1, 0.15) is 25.7 Å². The van der Waals surface area contributed by atoms with Crippen molar-refractivity contribution in [3.63, 3.8) is 0 Å². The molecule has 106 valence electrons. The average Bonchev–Trinajstić information content (AvgIpc) is 2.62. The molecule has 0 aliphatic carbocycles. The number of nitrogens with two attached hydrogens (primary N) is 1. The van der Waals surface area contributed by atoms with Crippen molar-refractivity contribution < 1.29 is 12.8 Å². The molecule has 1 heterocycles. The van der Waals surface area contributed by atoms with Gasteiger partial charge in [-0.25, -0.2) is 12.8 Å². The predicted octanol–water partition coefficient (Wildman–Crippen LogP) is 2.63. The van der Waals surface area contributed by atoms with E-state index in [1.165, 1.54) is 4.31 Å². The third-order valence-corrected chi connectivity index (χ3v) is 5.60. The Kier molecular flexibility index (Phi) is 4.32. The van der Waals surface area contributed by atoms with Crippen LogP contribution >= 0.6 is 11.6 Å². The largest absolute Gasteiger partial charge is 0.396 e. The first kappa shape index (κ1) is 14.6. The van der Waals surface area contributed by atoms with E-state index >= 15 is 0 Å². The average molecular weight is 307 g/mol. The summed E-state index contributed by atoms with van der Waals surface area (Å²) in [4.78, 5) is -0.116. The van der Waals surface area contributed by atoms with Crippen LogP contribution in [0.15, 0.2) is 17.0 Å². The van der Waals surface area contributed by atoms with Gasteiger partial charge in [-0.1, -0.05) is 24.4 Å². The van der Waals surface area contributed by atoms with Crippen LogP contribution in [0, 0.1) is 5.82 Å². The van der Waals surface area contributed by atoms with Gasteiger partial charge in [0.15, 0.2) is 0 Å². The van der Waals surface area contributed by atoms with Crippen molar-refractivity contribution in [1.82, 2.24) is 4.31 Å². The molecule has 1 aliphatic heterocycles. The van der Waals surface area contributed by atoms with E-state index in [4.69, 9.17) is 17.3 Å². The molecule has 0 saturated carbocycles. The Hall–Kier alpha value is -0.850. The van der Waals surface area contributed by atoms with Gasteiger partial charge in [-0.2, -0.15) is 4.31 Å². The molecule has 19 heavy (non-hydrogen) atoms. The molecule has 4 nitrogen and oxygen atoms in total. The number of sulfonamides is 1. The molecule has 1 saturated heterocycles. The van der Waals surface area contributed by atoms with Gasteiger partial charge < -0.3 is 5.73 Å². The van der Waals surface area contributed by atoms with Crippen molar-refractivity contribution in [3.8, 4) is 0 Å². The number of anilines is 1. The Labute approximate surface area is 117 Å². The second-order valence-electron chi connectivity index (χ2n) is 4.62. The first-order valence-electron chi connectivity index (χ1n) is 6.17. The Morgan fingerprint density at radius 3 is 2.32 bits per heavy atom. The van der Waals surface area contributed by atoms with Gasteiger partial charge in [-0.15, -0.1) is 0 Å². The highest BCUT2D eigenvalue weighted by atomic mass is 35.5. The minimum absolute atomic E-state index is 0.116. The summed E-state index contributed by atoms with van der Waals surface area (Å²) in [5.41, 5.74) is 5.22. The maximum atomic E-state index is 13.2. The van der Waals surface area contributed by atoms with Crippen LogP contribution in [-0.2, 0) is 10.0 Å². The Bertz CT molecular complexity index is 569. The highest BCUT2D eigenvalue weighted by Crippen LogP contribution is 2.29. The summed E-state index contributed by atoms with van der Waals surface area (Å²) in [5.74, 6) is -0.709. The molecule has 0 bridgehead atoms. The van der Waals surface area contributed by atoms with Crippen molar-refractivity contribution in [2.45, 2.75) is 30.6 Å². The molecule has 0 unspecified atom stereocenters. The summed E-state index contributed by atoms with van der Waals surface area (Å²) >= 11 is 5.84. The van der Waals surface area contributed by atoms with Crippen molar-refractivity contribution in [1.29, 1.82) is 0 Å². The van der Waals surface area contributed by atoms with E-state index in [-0.39, 0.29) is 15.6 Å². The molecule has 0 spiro atoms. The van der Waals surface area contributed by atoms with Gasteiger partial charge in [-0.05, 0) is 25.0 Å². The van der Waals surface area contributed by atoms with Crippen molar-refractivity contribution >= 4 is 27.3 Å². The highest BCUT2D eigenvalue weighted by molar-refractivity contribution is 7.89. The fourth-order valence-electron chi connectivity index (χ4n) is 2.16. The number of hydrogen-bond acceptors (Lipinski definition) is 3. The predicted molar refractivity (Wildman–Crippen MR) is 73.0 cm³/mol.